The first-order chi connectivity index (χ1) is 6.72. The molecule has 0 aliphatic heterocycles. The second kappa shape index (κ2) is 9.12. The van der Waals surface area contributed by atoms with Crippen LogP contribution in [0.15, 0.2) is 0 Å². The lowest BCUT2D eigenvalue weighted by Crippen LogP contribution is -2.19. The van der Waals surface area contributed by atoms with Gasteiger partial charge in [-0.1, -0.05) is 13.8 Å². The van der Waals surface area contributed by atoms with Crippen LogP contribution >= 0.6 is 0 Å². The van der Waals surface area contributed by atoms with Crippen molar-refractivity contribution in [2.24, 2.45) is 11.7 Å². The van der Waals surface area contributed by atoms with Gasteiger partial charge in [-0.2, -0.15) is 0 Å². The summed E-state index contributed by atoms with van der Waals surface area (Å²) in [6.45, 7) is 6.13. The Labute approximate surface area is 87.2 Å². The molecule has 4 heteroatoms. The lowest BCUT2D eigenvalue weighted by atomic mass is 10.1. The third kappa shape index (κ3) is 7.00. The molecule has 1 atom stereocenters. The molecule has 0 aromatic rings. The Balaban J connectivity index is 0. The van der Waals surface area contributed by atoms with Crippen LogP contribution in [0.4, 0.5) is 0 Å². The number of nitrogens with two attached hydrogens (primary N) is 1. The summed E-state index contributed by atoms with van der Waals surface area (Å²) in [6, 6.07) is 0. The van der Waals surface area contributed by atoms with Crippen molar-refractivity contribution in [1.82, 2.24) is 0 Å². The van der Waals surface area contributed by atoms with E-state index in [1.807, 2.05) is 13.8 Å². The Morgan fingerprint density at radius 3 is 2.57 bits per heavy atom. The van der Waals surface area contributed by atoms with Crippen LogP contribution in [0.25, 0.3) is 0 Å². The number of ether oxygens (including phenoxy) is 2. The molecule has 0 aromatic carbocycles. The number of hydrogen-bond acceptors (Lipinski definition) is 4. The molecule has 0 radical (unpaired) electrons. The number of carbonyl (C=O) groups is 1. The maximum atomic E-state index is 11.3. The minimum Gasteiger partial charge on any atom is -0.378 e. The van der Waals surface area contributed by atoms with Crippen LogP contribution in [0.1, 0.15) is 21.7 Å². The van der Waals surface area contributed by atoms with Gasteiger partial charge in [-0.3, -0.25) is 4.79 Å². The van der Waals surface area contributed by atoms with Crippen LogP contribution in [0.5, 0.6) is 0 Å². The van der Waals surface area contributed by atoms with E-state index in [1.165, 1.54) is 0 Å². The third-order valence-electron chi connectivity index (χ3n) is 2.04. The zero-order valence-electron chi connectivity index (χ0n) is 9.12. The highest BCUT2D eigenvalue weighted by Crippen LogP contribution is 2.01. The smallest absolute Gasteiger partial charge is 0.161 e. The quantitative estimate of drug-likeness (QED) is 0.567. The van der Waals surface area contributed by atoms with E-state index in [2.05, 4.69) is 0 Å². The van der Waals surface area contributed by atoms with Gasteiger partial charge in [0, 0.05) is 13.9 Å². The van der Waals surface area contributed by atoms with Crippen molar-refractivity contribution in [1.29, 1.82) is 0 Å². The van der Waals surface area contributed by atoms with Gasteiger partial charge in [0.15, 0.2) is 5.78 Å². The Bertz CT molecular complexity index is 156. The summed E-state index contributed by atoms with van der Waals surface area (Å²) in [5.74, 6) is 0.256. The summed E-state index contributed by atoms with van der Waals surface area (Å²) >= 11 is 0. The van der Waals surface area contributed by atoms with E-state index in [0.717, 1.165) is 6.42 Å². The maximum Gasteiger partial charge on any atom is 0.161 e. The summed E-state index contributed by atoms with van der Waals surface area (Å²) < 4.78 is 10.2. The fourth-order valence-corrected chi connectivity index (χ4v) is 0.846. The summed E-state index contributed by atoms with van der Waals surface area (Å²) in [7, 11) is 0. The summed E-state index contributed by atoms with van der Waals surface area (Å²) in [6.07, 6.45) is 0.867. The fraction of sp³-hybridized carbons (Fsp3) is 0.900. The largest absolute Gasteiger partial charge is 0.378 e. The standard InChI is InChI=1S/C10H21NO3.H2/c1-3-9(2)10(12)8-14-7-6-13-5-4-11;/h9H,3-8,11H2,1-2H3;1H. The van der Waals surface area contributed by atoms with E-state index < -0.39 is 0 Å². The van der Waals surface area contributed by atoms with Gasteiger partial charge in [-0.25, -0.2) is 0 Å². The fourth-order valence-electron chi connectivity index (χ4n) is 0.846. The lowest BCUT2D eigenvalue weighted by Gasteiger charge is -2.08. The molecule has 0 saturated carbocycles. The molecule has 0 aromatic heterocycles. The van der Waals surface area contributed by atoms with Gasteiger partial charge in [0.1, 0.15) is 6.61 Å². The van der Waals surface area contributed by atoms with Crippen molar-refractivity contribution >= 4 is 5.78 Å². The summed E-state index contributed by atoms with van der Waals surface area (Å²) in [5, 5.41) is 0. The minimum absolute atomic E-state index is 0. The van der Waals surface area contributed by atoms with Crippen molar-refractivity contribution in [3.63, 3.8) is 0 Å². The number of ketones is 1. The first-order valence-electron chi connectivity index (χ1n) is 5.10. The average molecular weight is 205 g/mol. The van der Waals surface area contributed by atoms with E-state index in [4.69, 9.17) is 15.2 Å². The monoisotopic (exact) mass is 205 g/mol. The zero-order valence-corrected chi connectivity index (χ0v) is 9.12. The van der Waals surface area contributed by atoms with Crippen molar-refractivity contribution in [3.05, 3.63) is 0 Å². The Morgan fingerprint density at radius 2 is 2.00 bits per heavy atom. The van der Waals surface area contributed by atoms with Crippen LogP contribution in [0.2, 0.25) is 0 Å². The van der Waals surface area contributed by atoms with Gasteiger partial charge in [0.25, 0.3) is 0 Å². The molecule has 86 valence electrons. The van der Waals surface area contributed by atoms with Crippen LogP contribution in [-0.4, -0.2) is 38.8 Å². The van der Waals surface area contributed by atoms with Crippen molar-refractivity contribution in [2.75, 3.05) is 33.0 Å². The van der Waals surface area contributed by atoms with Gasteiger partial charge in [0.2, 0.25) is 0 Å². The Kier molecular flexibility index (Phi) is 8.83. The number of carbonyl (C=O) groups excluding carboxylic acids is 1. The Morgan fingerprint density at radius 1 is 1.36 bits per heavy atom. The van der Waals surface area contributed by atoms with E-state index in [1.54, 1.807) is 0 Å². The highest BCUT2D eigenvalue weighted by molar-refractivity contribution is 5.81. The van der Waals surface area contributed by atoms with Crippen molar-refractivity contribution in [3.8, 4) is 0 Å². The molecule has 0 heterocycles. The number of rotatable bonds is 9. The predicted molar refractivity (Wildman–Crippen MR) is 57.3 cm³/mol. The number of Topliss-reactive ketones (excluding diaryl/α,β-unsaturated/α-hetero) is 1. The molecule has 0 saturated heterocycles. The minimum atomic E-state index is 0. The van der Waals surface area contributed by atoms with Gasteiger partial charge in [-0.15, -0.1) is 0 Å². The highest BCUT2D eigenvalue weighted by Gasteiger charge is 2.09. The molecule has 0 spiro atoms. The average Bonchev–Trinajstić information content (AvgIpc) is 2.21. The second-order valence-corrected chi connectivity index (χ2v) is 3.23. The van der Waals surface area contributed by atoms with Gasteiger partial charge < -0.3 is 15.2 Å². The molecular weight excluding hydrogens is 182 g/mol. The molecular formula is C10H23NO3. The summed E-state index contributed by atoms with van der Waals surface area (Å²) in [5.41, 5.74) is 5.23. The molecule has 14 heavy (non-hydrogen) atoms. The molecule has 0 rings (SSSR count). The van der Waals surface area contributed by atoms with Crippen LogP contribution < -0.4 is 5.73 Å². The van der Waals surface area contributed by atoms with E-state index in [9.17, 15) is 4.79 Å². The van der Waals surface area contributed by atoms with Gasteiger partial charge in [-0.05, 0) is 6.42 Å². The van der Waals surface area contributed by atoms with Crippen LogP contribution in [-0.2, 0) is 14.3 Å². The van der Waals surface area contributed by atoms with Crippen LogP contribution in [0, 0.1) is 5.92 Å². The first-order valence-corrected chi connectivity index (χ1v) is 5.10. The SMILES string of the molecule is CCC(C)C(=O)COCCOCCN.[HH]. The molecule has 1 unspecified atom stereocenters. The third-order valence-corrected chi connectivity index (χ3v) is 2.04. The molecule has 4 nitrogen and oxygen atoms in total. The highest BCUT2D eigenvalue weighted by atomic mass is 16.5. The molecule has 2 N–H and O–H groups in total. The maximum absolute atomic E-state index is 11.3. The first kappa shape index (κ1) is 13.5. The van der Waals surface area contributed by atoms with E-state index >= 15 is 0 Å². The molecule has 0 bridgehead atoms. The van der Waals surface area contributed by atoms with E-state index in [0.29, 0.717) is 26.4 Å². The van der Waals surface area contributed by atoms with E-state index in [-0.39, 0.29) is 19.7 Å². The molecule has 0 aliphatic rings. The lowest BCUT2D eigenvalue weighted by molar-refractivity contribution is -0.127. The Hall–Kier alpha value is -0.450. The van der Waals surface area contributed by atoms with Crippen LogP contribution in [0.3, 0.4) is 0 Å². The zero-order chi connectivity index (χ0) is 10.8. The molecule has 0 aliphatic carbocycles. The molecule has 0 fully saturated rings. The van der Waals surface area contributed by atoms with Gasteiger partial charge >= 0.3 is 0 Å². The summed E-state index contributed by atoms with van der Waals surface area (Å²) in [4.78, 5) is 11.3. The normalized spacial score (nSPS) is 12.8. The molecule has 0 amide bonds. The van der Waals surface area contributed by atoms with Gasteiger partial charge in [0.05, 0.1) is 19.8 Å². The predicted octanol–water partition coefficient (Wildman–Crippen LogP) is 0.840. The number of hydrogen-bond donors (Lipinski definition) is 1. The van der Waals surface area contributed by atoms with Crippen molar-refractivity contribution in [2.45, 2.75) is 20.3 Å². The van der Waals surface area contributed by atoms with Crippen molar-refractivity contribution < 1.29 is 15.7 Å². The second-order valence-electron chi connectivity index (χ2n) is 3.23. The topological polar surface area (TPSA) is 61.5 Å².